The van der Waals surface area contributed by atoms with Crippen LogP contribution in [0.15, 0.2) is 6.07 Å². The van der Waals surface area contributed by atoms with Crippen molar-refractivity contribution in [2.75, 3.05) is 0 Å². The molecule has 1 rings (SSSR count). The first-order valence-electron chi connectivity index (χ1n) is 3.47. The highest BCUT2D eigenvalue weighted by molar-refractivity contribution is 6.31. The van der Waals surface area contributed by atoms with Crippen molar-refractivity contribution in [3.63, 3.8) is 0 Å². The SMILES string of the molecule is O=C(O)Cc1cc(F)c(F)c(F)c1Cl. The van der Waals surface area contributed by atoms with Crippen LogP contribution in [0.25, 0.3) is 0 Å². The fourth-order valence-electron chi connectivity index (χ4n) is 0.913. The average molecular weight is 225 g/mol. The van der Waals surface area contributed by atoms with Gasteiger partial charge in [-0.15, -0.1) is 0 Å². The minimum atomic E-state index is -1.70. The lowest BCUT2D eigenvalue weighted by molar-refractivity contribution is -0.136. The van der Waals surface area contributed by atoms with Crippen molar-refractivity contribution < 1.29 is 23.1 Å². The van der Waals surface area contributed by atoms with Gasteiger partial charge < -0.3 is 5.11 Å². The van der Waals surface area contributed by atoms with Gasteiger partial charge >= 0.3 is 5.97 Å². The predicted octanol–water partition coefficient (Wildman–Crippen LogP) is 2.38. The van der Waals surface area contributed by atoms with Crippen molar-refractivity contribution in [3.8, 4) is 0 Å². The molecule has 76 valence electrons. The van der Waals surface area contributed by atoms with E-state index in [9.17, 15) is 18.0 Å². The minimum Gasteiger partial charge on any atom is -0.481 e. The van der Waals surface area contributed by atoms with Crippen LogP contribution in [0.5, 0.6) is 0 Å². The standard InChI is InChI=1S/C8H4ClF3O2/c9-6-3(2-5(13)14)1-4(10)7(11)8(6)12/h1H,2H2,(H,13,14). The molecule has 0 aliphatic heterocycles. The number of aliphatic carboxylic acids is 1. The number of carbonyl (C=O) groups is 1. The lowest BCUT2D eigenvalue weighted by Gasteiger charge is -2.03. The zero-order valence-electron chi connectivity index (χ0n) is 6.65. The first kappa shape index (κ1) is 10.8. The van der Waals surface area contributed by atoms with Crippen molar-refractivity contribution >= 4 is 17.6 Å². The molecule has 1 aromatic carbocycles. The summed E-state index contributed by atoms with van der Waals surface area (Å²) in [6, 6.07) is 0.564. The Morgan fingerprint density at radius 1 is 1.36 bits per heavy atom. The maximum absolute atomic E-state index is 12.8. The number of hydrogen-bond acceptors (Lipinski definition) is 1. The number of carboxylic acids is 1. The molecule has 0 aromatic heterocycles. The van der Waals surface area contributed by atoms with E-state index in [2.05, 4.69) is 0 Å². The molecule has 0 aliphatic carbocycles. The average Bonchev–Trinajstić information content (AvgIpc) is 2.10. The molecule has 0 aliphatic rings. The Morgan fingerprint density at radius 3 is 2.43 bits per heavy atom. The van der Waals surface area contributed by atoms with Gasteiger partial charge in [-0.2, -0.15) is 0 Å². The third-order valence-corrected chi connectivity index (χ3v) is 1.93. The molecule has 0 heterocycles. The van der Waals surface area contributed by atoms with Gasteiger partial charge in [0.05, 0.1) is 11.4 Å². The molecule has 0 unspecified atom stereocenters. The second-order valence-corrected chi connectivity index (χ2v) is 2.91. The van der Waals surface area contributed by atoms with Gasteiger partial charge in [-0.25, -0.2) is 13.2 Å². The van der Waals surface area contributed by atoms with Gasteiger partial charge in [0.2, 0.25) is 0 Å². The second-order valence-electron chi connectivity index (χ2n) is 2.53. The molecule has 0 amide bonds. The third kappa shape index (κ3) is 1.98. The maximum Gasteiger partial charge on any atom is 0.307 e. The van der Waals surface area contributed by atoms with Crippen LogP contribution < -0.4 is 0 Å². The summed E-state index contributed by atoms with van der Waals surface area (Å²) in [6.45, 7) is 0. The molecule has 0 atom stereocenters. The zero-order valence-corrected chi connectivity index (χ0v) is 7.41. The number of benzene rings is 1. The second kappa shape index (κ2) is 3.88. The van der Waals surface area contributed by atoms with E-state index in [0.29, 0.717) is 6.07 Å². The van der Waals surface area contributed by atoms with Gasteiger partial charge in [-0.3, -0.25) is 4.79 Å². The Kier molecular flexibility index (Phi) is 3.00. The molecule has 0 fully saturated rings. The first-order valence-corrected chi connectivity index (χ1v) is 3.85. The Hall–Kier alpha value is -1.23. The van der Waals surface area contributed by atoms with E-state index in [1.807, 2.05) is 0 Å². The molecular formula is C8H4ClF3O2. The van der Waals surface area contributed by atoms with E-state index in [0.717, 1.165) is 0 Å². The van der Waals surface area contributed by atoms with E-state index in [1.165, 1.54) is 0 Å². The van der Waals surface area contributed by atoms with Crippen molar-refractivity contribution in [3.05, 3.63) is 34.1 Å². The van der Waals surface area contributed by atoms with E-state index >= 15 is 0 Å². The predicted molar refractivity (Wildman–Crippen MR) is 42.7 cm³/mol. The molecule has 0 saturated carbocycles. The fourth-order valence-corrected chi connectivity index (χ4v) is 1.12. The lowest BCUT2D eigenvalue weighted by atomic mass is 10.1. The highest BCUT2D eigenvalue weighted by Gasteiger charge is 2.18. The Bertz CT molecular complexity index is 393. The smallest absolute Gasteiger partial charge is 0.307 e. The normalized spacial score (nSPS) is 10.3. The highest BCUT2D eigenvalue weighted by atomic mass is 35.5. The van der Waals surface area contributed by atoms with E-state index in [4.69, 9.17) is 16.7 Å². The van der Waals surface area contributed by atoms with Crippen LogP contribution in [0.2, 0.25) is 5.02 Å². The monoisotopic (exact) mass is 224 g/mol. The zero-order chi connectivity index (χ0) is 10.9. The largest absolute Gasteiger partial charge is 0.481 e. The van der Waals surface area contributed by atoms with Gasteiger partial charge in [-0.05, 0) is 11.6 Å². The van der Waals surface area contributed by atoms with Gasteiger partial charge in [-0.1, -0.05) is 11.6 Å². The van der Waals surface area contributed by atoms with Crippen molar-refractivity contribution in [2.45, 2.75) is 6.42 Å². The van der Waals surface area contributed by atoms with Gasteiger partial charge in [0, 0.05) is 0 Å². The summed E-state index contributed by atoms with van der Waals surface area (Å²) in [5, 5.41) is 7.64. The number of halogens is 4. The molecule has 14 heavy (non-hydrogen) atoms. The number of hydrogen-bond donors (Lipinski definition) is 1. The number of carboxylic acid groups (broad SMARTS) is 1. The van der Waals surface area contributed by atoms with Crippen LogP contribution in [0.3, 0.4) is 0 Å². The number of rotatable bonds is 2. The van der Waals surface area contributed by atoms with Crippen LogP contribution in [-0.4, -0.2) is 11.1 Å². The van der Waals surface area contributed by atoms with Crippen molar-refractivity contribution in [2.24, 2.45) is 0 Å². The summed E-state index contributed by atoms with van der Waals surface area (Å²) in [6.07, 6.45) is -0.660. The van der Waals surface area contributed by atoms with Gasteiger partial charge in [0.25, 0.3) is 0 Å². The van der Waals surface area contributed by atoms with Crippen LogP contribution in [-0.2, 0) is 11.2 Å². The first-order chi connectivity index (χ1) is 6.43. The van der Waals surface area contributed by atoms with Crippen LogP contribution in [0.1, 0.15) is 5.56 Å². The topological polar surface area (TPSA) is 37.3 Å². The van der Waals surface area contributed by atoms with E-state index < -0.39 is 34.9 Å². The van der Waals surface area contributed by atoms with Crippen LogP contribution in [0.4, 0.5) is 13.2 Å². The van der Waals surface area contributed by atoms with Crippen LogP contribution in [0, 0.1) is 17.5 Å². The van der Waals surface area contributed by atoms with Gasteiger partial charge in [0.15, 0.2) is 17.5 Å². The highest BCUT2D eigenvalue weighted by Crippen LogP contribution is 2.25. The van der Waals surface area contributed by atoms with Crippen molar-refractivity contribution in [1.29, 1.82) is 0 Å². The molecule has 2 nitrogen and oxygen atoms in total. The summed E-state index contributed by atoms with van der Waals surface area (Å²) in [5.41, 5.74) is -0.296. The molecule has 6 heteroatoms. The molecule has 0 saturated heterocycles. The van der Waals surface area contributed by atoms with E-state index in [1.54, 1.807) is 0 Å². The third-order valence-electron chi connectivity index (χ3n) is 1.52. The molecular weight excluding hydrogens is 221 g/mol. The lowest BCUT2D eigenvalue weighted by Crippen LogP contribution is -2.04. The van der Waals surface area contributed by atoms with Crippen LogP contribution >= 0.6 is 11.6 Å². The molecule has 0 bridgehead atoms. The molecule has 1 N–H and O–H groups in total. The summed E-state index contributed by atoms with van der Waals surface area (Å²) in [5.74, 6) is -6.03. The summed E-state index contributed by atoms with van der Waals surface area (Å²) >= 11 is 5.27. The molecule has 0 radical (unpaired) electrons. The Morgan fingerprint density at radius 2 is 1.93 bits per heavy atom. The summed E-state index contributed by atoms with van der Waals surface area (Å²) in [7, 11) is 0. The summed E-state index contributed by atoms with van der Waals surface area (Å²) in [4.78, 5) is 10.2. The van der Waals surface area contributed by atoms with Crippen molar-refractivity contribution in [1.82, 2.24) is 0 Å². The minimum absolute atomic E-state index is 0.296. The molecule has 0 spiro atoms. The maximum atomic E-state index is 12.8. The summed E-state index contributed by atoms with van der Waals surface area (Å²) < 4.78 is 37.9. The fraction of sp³-hybridized carbons (Fsp3) is 0.125. The molecule has 1 aromatic rings. The quantitative estimate of drug-likeness (QED) is 0.619. The Labute approximate surface area is 81.9 Å². The van der Waals surface area contributed by atoms with Gasteiger partial charge in [0.1, 0.15) is 0 Å². The Balaban J connectivity index is 3.25. The van der Waals surface area contributed by atoms with E-state index in [-0.39, 0.29) is 5.56 Å².